The highest BCUT2D eigenvalue weighted by Gasteiger charge is 2.51. The first-order chi connectivity index (χ1) is 29.6. The van der Waals surface area contributed by atoms with Crippen molar-refractivity contribution in [1.82, 2.24) is 5.32 Å². The monoisotopic (exact) mass is 870 g/mol. The molecule has 0 bridgehead atoms. The normalized spacial score (nSPS) is 28.4. The summed E-state index contributed by atoms with van der Waals surface area (Å²) in [6.45, 7) is 2.66. The van der Waals surface area contributed by atoms with Gasteiger partial charge in [-0.3, -0.25) is 4.79 Å². The molecule has 14 heteroatoms. The molecule has 2 aliphatic rings. The number of rotatable bonds is 34. The van der Waals surface area contributed by atoms with E-state index in [1.165, 1.54) is 25.7 Å². The zero-order valence-electron chi connectivity index (χ0n) is 37.1. The molecule has 9 N–H and O–H groups in total. The molecule has 354 valence electrons. The molecule has 0 aromatic carbocycles. The minimum absolute atomic E-state index is 0.228. The van der Waals surface area contributed by atoms with Crippen molar-refractivity contribution in [2.75, 3.05) is 19.8 Å². The summed E-state index contributed by atoms with van der Waals surface area (Å²) in [6, 6.07) is -0.834. The fraction of sp³-hybridized carbons (Fsp3) is 0.809. The van der Waals surface area contributed by atoms with Crippen LogP contribution in [0.1, 0.15) is 149 Å². The lowest BCUT2D eigenvalue weighted by atomic mass is 9.97. The number of hydrogen-bond acceptors (Lipinski definition) is 13. The maximum atomic E-state index is 13.1. The van der Waals surface area contributed by atoms with Crippen molar-refractivity contribution in [3.8, 4) is 0 Å². The van der Waals surface area contributed by atoms with Crippen molar-refractivity contribution in [2.24, 2.45) is 0 Å². The SMILES string of the molecule is CC/C=C\C/C=C\C/C=C\C/C=C\CCCCCCCCC(=O)NC(COC1OC(CO)C(OC2OC(CO)C(O)C(O)C2O)C(O)C1O)C(O)CCCCCCCCCC. The Hall–Kier alpha value is -2.05. The predicted octanol–water partition coefficient (Wildman–Crippen LogP) is 4.93. The summed E-state index contributed by atoms with van der Waals surface area (Å²) >= 11 is 0. The van der Waals surface area contributed by atoms with Crippen LogP contribution in [0.2, 0.25) is 0 Å². The number of amides is 1. The quantitative estimate of drug-likeness (QED) is 0.0309. The van der Waals surface area contributed by atoms with Crippen LogP contribution in [0.25, 0.3) is 0 Å². The molecule has 2 fully saturated rings. The Balaban J connectivity index is 1.82. The summed E-state index contributed by atoms with van der Waals surface area (Å²) in [5.74, 6) is -0.228. The molecule has 0 aromatic heterocycles. The molecule has 0 radical (unpaired) electrons. The molecule has 61 heavy (non-hydrogen) atoms. The van der Waals surface area contributed by atoms with E-state index < -0.39 is 86.8 Å². The Morgan fingerprint density at radius 2 is 1.13 bits per heavy atom. The maximum absolute atomic E-state index is 13.1. The lowest BCUT2D eigenvalue weighted by Crippen LogP contribution is -2.65. The Morgan fingerprint density at radius 1 is 0.607 bits per heavy atom. The minimum Gasteiger partial charge on any atom is -0.394 e. The van der Waals surface area contributed by atoms with Gasteiger partial charge in [0.2, 0.25) is 5.91 Å². The molecular formula is C47H83NO13. The largest absolute Gasteiger partial charge is 0.394 e. The fourth-order valence-corrected chi connectivity index (χ4v) is 7.46. The lowest BCUT2D eigenvalue weighted by molar-refractivity contribution is -0.359. The fourth-order valence-electron chi connectivity index (χ4n) is 7.46. The van der Waals surface area contributed by atoms with Gasteiger partial charge in [-0.2, -0.15) is 0 Å². The average molecular weight is 870 g/mol. The van der Waals surface area contributed by atoms with E-state index in [2.05, 4.69) is 67.8 Å². The third kappa shape index (κ3) is 22.4. The van der Waals surface area contributed by atoms with Gasteiger partial charge in [-0.1, -0.05) is 140 Å². The number of aliphatic hydroxyl groups excluding tert-OH is 8. The topological polar surface area (TPSA) is 228 Å². The predicted molar refractivity (Wildman–Crippen MR) is 235 cm³/mol. The van der Waals surface area contributed by atoms with Crippen LogP contribution in [0.15, 0.2) is 48.6 Å². The average Bonchev–Trinajstić information content (AvgIpc) is 3.26. The van der Waals surface area contributed by atoms with Gasteiger partial charge in [-0.15, -0.1) is 0 Å². The first kappa shape index (κ1) is 55.1. The van der Waals surface area contributed by atoms with Gasteiger partial charge in [0.25, 0.3) is 0 Å². The molecular weight excluding hydrogens is 787 g/mol. The maximum Gasteiger partial charge on any atom is 0.220 e. The number of nitrogens with one attached hydrogen (secondary N) is 1. The van der Waals surface area contributed by atoms with Crippen molar-refractivity contribution >= 4 is 5.91 Å². The van der Waals surface area contributed by atoms with Gasteiger partial charge in [0.15, 0.2) is 12.6 Å². The molecule has 2 saturated heterocycles. The first-order valence-electron chi connectivity index (χ1n) is 23.4. The van der Waals surface area contributed by atoms with Gasteiger partial charge >= 0.3 is 0 Å². The number of unbranched alkanes of at least 4 members (excludes halogenated alkanes) is 13. The van der Waals surface area contributed by atoms with Crippen molar-refractivity contribution in [3.63, 3.8) is 0 Å². The van der Waals surface area contributed by atoms with Gasteiger partial charge in [0.1, 0.15) is 48.8 Å². The van der Waals surface area contributed by atoms with Crippen LogP contribution in [0, 0.1) is 0 Å². The van der Waals surface area contributed by atoms with E-state index in [9.17, 15) is 45.6 Å². The Kier molecular flexibility index (Phi) is 31.0. The highest BCUT2D eigenvalue weighted by molar-refractivity contribution is 5.76. The highest BCUT2D eigenvalue weighted by atomic mass is 16.7. The van der Waals surface area contributed by atoms with Gasteiger partial charge in [0, 0.05) is 6.42 Å². The minimum atomic E-state index is -1.78. The third-order valence-electron chi connectivity index (χ3n) is 11.3. The molecule has 1 amide bonds. The van der Waals surface area contributed by atoms with E-state index in [0.29, 0.717) is 12.8 Å². The number of allylic oxidation sites excluding steroid dienone is 8. The molecule has 14 nitrogen and oxygen atoms in total. The van der Waals surface area contributed by atoms with Crippen molar-refractivity contribution in [3.05, 3.63) is 48.6 Å². The van der Waals surface area contributed by atoms with E-state index in [-0.39, 0.29) is 18.9 Å². The second-order valence-electron chi connectivity index (χ2n) is 16.5. The Bertz CT molecular complexity index is 1210. The number of aliphatic hydroxyl groups is 8. The van der Waals surface area contributed by atoms with Crippen LogP contribution in [0.4, 0.5) is 0 Å². The van der Waals surface area contributed by atoms with Crippen LogP contribution in [-0.4, -0.2) is 140 Å². The van der Waals surface area contributed by atoms with E-state index in [4.69, 9.17) is 18.9 Å². The summed E-state index contributed by atoms with van der Waals surface area (Å²) in [6.07, 6.45) is 21.4. The molecule has 2 aliphatic heterocycles. The highest BCUT2D eigenvalue weighted by Crippen LogP contribution is 2.30. The molecule has 0 aliphatic carbocycles. The Morgan fingerprint density at radius 3 is 1.74 bits per heavy atom. The summed E-state index contributed by atoms with van der Waals surface area (Å²) in [5.41, 5.74) is 0. The summed E-state index contributed by atoms with van der Waals surface area (Å²) in [5, 5.41) is 86.5. The molecule has 0 aromatic rings. The first-order valence-corrected chi connectivity index (χ1v) is 23.4. The van der Waals surface area contributed by atoms with Gasteiger partial charge in [0.05, 0.1) is 32.0 Å². The van der Waals surface area contributed by atoms with E-state index in [0.717, 1.165) is 89.9 Å². The zero-order valence-corrected chi connectivity index (χ0v) is 37.1. The molecule has 0 saturated carbocycles. The van der Waals surface area contributed by atoms with Gasteiger partial charge in [-0.05, 0) is 51.4 Å². The molecule has 2 rings (SSSR count). The molecule has 2 heterocycles. The number of ether oxygens (including phenoxy) is 4. The molecule has 12 atom stereocenters. The van der Waals surface area contributed by atoms with E-state index in [1.54, 1.807) is 0 Å². The van der Waals surface area contributed by atoms with Crippen LogP contribution < -0.4 is 5.32 Å². The van der Waals surface area contributed by atoms with Crippen LogP contribution in [0.5, 0.6) is 0 Å². The molecule has 0 spiro atoms. The van der Waals surface area contributed by atoms with E-state index >= 15 is 0 Å². The number of carbonyl (C=O) groups is 1. The van der Waals surface area contributed by atoms with Crippen LogP contribution in [0.3, 0.4) is 0 Å². The van der Waals surface area contributed by atoms with Crippen LogP contribution in [-0.2, 0) is 23.7 Å². The summed E-state index contributed by atoms with van der Waals surface area (Å²) < 4.78 is 22.6. The van der Waals surface area contributed by atoms with E-state index in [1.807, 2.05) is 0 Å². The smallest absolute Gasteiger partial charge is 0.220 e. The van der Waals surface area contributed by atoms with Crippen LogP contribution >= 0.6 is 0 Å². The van der Waals surface area contributed by atoms with Crippen molar-refractivity contribution in [1.29, 1.82) is 0 Å². The van der Waals surface area contributed by atoms with Gasteiger partial charge in [-0.25, -0.2) is 0 Å². The second-order valence-corrected chi connectivity index (χ2v) is 16.5. The van der Waals surface area contributed by atoms with Crippen molar-refractivity contribution in [2.45, 2.75) is 222 Å². The molecule has 12 unspecified atom stereocenters. The van der Waals surface area contributed by atoms with Gasteiger partial charge < -0.3 is 65.1 Å². The Labute approximate surface area is 365 Å². The lowest BCUT2D eigenvalue weighted by Gasteiger charge is -2.46. The zero-order chi connectivity index (χ0) is 44.7. The third-order valence-corrected chi connectivity index (χ3v) is 11.3. The summed E-state index contributed by atoms with van der Waals surface area (Å²) in [7, 11) is 0. The second kappa shape index (κ2) is 34.4. The summed E-state index contributed by atoms with van der Waals surface area (Å²) in [4.78, 5) is 13.1. The number of carbonyl (C=O) groups excluding carboxylic acids is 1. The van der Waals surface area contributed by atoms with Crippen molar-refractivity contribution < 1.29 is 64.6 Å². The number of hydrogen-bond donors (Lipinski definition) is 9. The standard InChI is InChI=1S/C47H83NO13/c1-3-5-7-9-11-13-14-15-16-17-18-19-20-21-22-23-25-27-29-31-39(52)48-35(36(51)30-28-26-24-12-10-8-6-4-2)34-58-46-44(57)42(55)45(38(33-50)60-46)61-47-43(56)41(54)40(53)37(32-49)59-47/h5,7,11,13,15-16,18-19,35-38,40-47,49-51,53-57H,3-4,6,8-10,12,14,17,20-34H2,1-2H3,(H,48,52)/b7-5-,13-11-,16-15-,19-18-.